The van der Waals surface area contributed by atoms with E-state index in [-0.39, 0.29) is 5.82 Å². The van der Waals surface area contributed by atoms with Gasteiger partial charge in [-0.15, -0.1) is 0 Å². The van der Waals surface area contributed by atoms with E-state index in [9.17, 15) is 13.2 Å². The first kappa shape index (κ1) is 13.3. The molecule has 1 rings (SSSR count). The van der Waals surface area contributed by atoms with E-state index >= 15 is 0 Å². The highest BCUT2D eigenvalue weighted by molar-refractivity contribution is 5.47. The number of anilines is 1. The number of hydrogen-bond donors (Lipinski definition) is 1. The first-order valence-corrected chi connectivity index (χ1v) is 4.89. The van der Waals surface area contributed by atoms with Gasteiger partial charge in [0, 0.05) is 11.7 Å². The third kappa shape index (κ3) is 3.63. The fourth-order valence-corrected chi connectivity index (χ4v) is 1.23. The van der Waals surface area contributed by atoms with E-state index in [2.05, 4.69) is 10.3 Å². The van der Waals surface area contributed by atoms with Gasteiger partial charge in [0.05, 0.1) is 11.1 Å². The Kier molecular flexibility index (Phi) is 3.32. The molecule has 17 heavy (non-hydrogen) atoms. The third-order valence-electron chi connectivity index (χ3n) is 1.83. The van der Waals surface area contributed by atoms with E-state index in [4.69, 9.17) is 5.26 Å². The zero-order chi connectivity index (χ0) is 13.3. The molecule has 0 spiro atoms. The van der Waals surface area contributed by atoms with E-state index in [1.807, 2.05) is 0 Å². The smallest absolute Gasteiger partial charge is 0.365 e. The maximum atomic E-state index is 12.6. The van der Waals surface area contributed by atoms with Crippen molar-refractivity contribution in [2.24, 2.45) is 0 Å². The highest BCUT2D eigenvalue weighted by Gasteiger charge is 2.34. The van der Waals surface area contributed by atoms with Gasteiger partial charge in [0.25, 0.3) is 0 Å². The highest BCUT2D eigenvalue weighted by Crippen LogP contribution is 2.33. The lowest BCUT2D eigenvalue weighted by Crippen LogP contribution is -2.27. The lowest BCUT2D eigenvalue weighted by atomic mass is 10.1. The number of halogens is 3. The molecule has 1 N–H and O–H groups in total. The van der Waals surface area contributed by atoms with E-state index < -0.39 is 22.8 Å². The van der Waals surface area contributed by atoms with E-state index in [0.717, 1.165) is 12.3 Å². The Morgan fingerprint density at radius 3 is 2.29 bits per heavy atom. The molecule has 0 unspecified atom stereocenters. The number of nitriles is 1. The van der Waals surface area contributed by atoms with E-state index in [1.165, 1.54) is 6.07 Å². The molecule has 0 saturated carbocycles. The Morgan fingerprint density at radius 2 is 1.88 bits per heavy atom. The van der Waals surface area contributed by atoms with Gasteiger partial charge in [0.15, 0.2) is 0 Å². The highest BCUT2D eigenvalue weighted by atomic mass is 19.4. The minimum Gasteiger partial charge on any atom is -0.365 e. The Morgan fingerprint density at radius 1 is 1.29 bits per heavy atom. The van der Waals surface area contributed by atoms with Crippen LogP contribution in [0.15, 0.2) is 12.3 Å². The first-order valence-electron chi connectivity index (χ1n) is 4.89. The van der Waals surface area contributed by atoms with Crippen LogP contribution in [0.5, 0.6) is 0 Å². The quantitative estimate of drug-likeness (QED) is 0.824. The summed E-state index contributed by atoms with van der Waals surface area (Å²) < 4.78 is 37.9. The van der Waals surface area contributed by atoms with Crippen molar-refractivity contribution in [1.82, 2.24) is 4.98 Å². The molecule has 1 aromatic heterocycles. The van der Waals surface area contributed by atoms with Crippen molar-refractivity contribution < 1.29 is 13.2 Å². The molecule has 0 aliphatic heterocycles. The summed E-state index contributed by atoms with van der Waals surface area (Å²) in [5.41, 5.74) is -1.84. The second kappa shape index (κ2) is 4.24. The third-order valence-corrected chi connectivity index (χ3v) is 1.83. The van der Waals surface area contributed by atoms with Crippen molar-refractivity contribution >= 4 is 5.82 Å². The monoisotopic (exact) mass is 243 g/mol. The van der Waals surface area contributed by atoms with Gasteiger partial charge in [-0.05, 0) is 26.8 Å². The van der Waals surface area contributed by atoms with Crippen LogP contribution < -0.4 is 5.32 Å². The van der Waals surface area contributed by atoms with E-state index in [1.54, 1.807) is 20.8 Å². The predicted molar refractivity (Wildman–Crippen MR) is 57.3 cm³/mol. The van der Waals surface area contributed by atoms with Crippen molar-refractivity contribution in [2.45, 2.75) is 32.5 Å². The average molecular weight is 243 g/mol. The summed E-state index contributed by atoms with van der Waals surface area (Å²) in [6.45, 7) is 5.42. The van der Waals surface area contributed by atoms with Crippen LogP contribution in [0, 0.1) is 11.3 Å². The minimum absolute atomic E-state index is 0.101. The number of alkyl halides is 3. The second-order valence-corrected chi connectivity index (χ2v) is 4.60. The molecular formula is C11H12F3N3. The molecule has 0 atom stereocenters. The molecule has 0 aliphatic carbocycles. The van der Waals surface area contributed by atoms with Gasteiger partial charge >= 0.3 is 6.18 Å². The van der Waals surface area contributed by atoms with Crippen LogP contribution in [0.3, 0.4) is 0 Å². The summed E-state index contributed by atoms with van der Waals surface area (Å²) in [7, 11) is 0. The van der Waals surface area contributed by atoms with Gasteiger partial charge in [-0.1, -0.05) is 0 Å². The average Bonchev–Trinajstić information content (AvgIpc) is 2.13. The van der Waals surface area contributed by atoms with Crippen LogP contribution in [-0.4, -0.2) is 10.5 Å². The van der Waals surface area contributed by atoms with Gasteiger partial charge in [0.1, 0.15) is 11.9 Å². The number of hydrogen-bond acceptors (Lipinski definition) is 3. The SMILES string of the molecule is CC(C)(C)Nc1cc(C(F)(F)F)c(C#N)cn1. The molecule has 0 amide bonds. The van der Waals surface area contributed by atoms with Gasteiger partial charge < -0.3 is 5.32 Å². The molecule has 0 fully saturated rings. The molecule has 6 heteroatoms. The predicted octanol–water partition coefficient (Wildman–Crippen LogP) is 3.18. The molecule has 0 radical (unpaired) electrons. The summed E-state index contributed by atoms with van der Waals surface area (Å²) >= 11 is 0. The normalized spacial score (nSPS) is 12.1. The zero-order valence-electron chi connectivity index (χ0n) is 9.68. The van der Waals surface area contributed by atoms with Gasteiger partial charge in [-0.25, -0.2) is 4.98 Å². The van der Waals surface area contributed by atoms with Crippen molar-refractivity contribution in [3.05, 3.63) is 23.4 Å². The molecule has 1 aromatic rings. The molecule has 3 nitrogen and oxygen atoms in total. The number of nitrogens with one attached hydrogen (secondary N) is 1. The standard InChI is InChI=1S/C11H12F3N3/c1-10(2,3)17-9-4-8(11(12,13)14)7(5-15)6-16-9/h4,6H,1-3H3,(H,16,17). The van der Waals surface area contributed by atoms with E-state index in [0.29, 0.717) is 0 Å². The first-order chi connectivity index (χ1) is 7.63. The van der Waals surface area contributed by atoms with Crippen LogP contribution in [0.1, 0.15) is 31.9 Å². The van der Waals surface area contributed by atoms with Crippen molar-refractivity contribution in [3.8, 4) is 6.07 Å². The largest absolute Gasteiger partial charge is 0.417 e. The van der Waals surface area contributed by atoms with Gasteiger partial charge in [-0.3, -0.25) is 0 Å². The molecule has 0 bridgehead atoms. The van der Waals surface area contributed by atoms with Crippen molar-refractivity contribution in [3.63, 3.8) is 0 Å². The summed E-state index contributed by atoms with van der Waals surface area (Å²) in [6.07, 6.45) is -3.63. The lowest BCUT2D eigenvalue weighted by Gasteiger charge is -2.22. The van der Waals surface area contributed by atoms with Crippen molar-refractivity contribution in [1.29, 1.82) is 5.26 Å². The van der Waals surface area contributed by atoms with Crippen molar-refractivity contribution in [2.75, 3.05) is 5.32 Å². The van der Waals surface area contributed by atoms with Crippen LogP contribution in [-0.2, 0) is 6.18 Å². The summed E-state index contributed by atoms with van der Waals surface area (Å²) in [6, 6.07) is 2.33. The summed E-state index contributed by atoms with van der Waals surface area (Å²) in [5, 5.41) is 11.4. The van der Waals surface area contributed by atoms with Gasteiger partial charge in [0.2, 0.25) is 0 Å². The maximum absolute atomic E-state index is 12.6. The second-order valence-electron chi connectivity index (χ2n) is 4.60. The lowest BCUT2D eigenvalue weighted by molar-refractivity contribution is -0.137. The number of aromatic nitrogens is 1. The molecule has 0 aliphatic rings. The van der Waals surface area contributed by atoms with Crippen LogP contribution >= 0.6 is 0 Å². The minimum atomic E-state index is -4.55. The Bertz CT molecular complexity index is 453. The molecule has 1 heterocycles. The molecule has 0 aromatic carbocycles. The molecular weight excluding hydrogens is 231 g/mol. The number of pyridine rings is 1. The fraction of sp³-hybridized carbons (Fsp3) is 0.455. The Labute approximate surface area is 97.3 Å². The fourth-order valence-electron chi connectivity index (χ4n) is 1.23. The van der Waals surface area contributed by atoms with Crippen LogP contribution in [0.25, 0.3) is 0 Å². The molecule has 0 saturated heterocycles. The summed E-state index contributed by atoms with van der Waals surface area (Å²) in [4.78, 5) is 3.78. The topological polar surface area (TPSA) is 48.7 Å². The van der Waals surface area contributed by atoms with Crippen LogP contribution in [0.4, 0.5) is 19.0 Å². The van der Waals surface area contributed by atoms with Crippen LogP contribution in [0.2, 0.25) is 0 Å². The summed E-state index contributed by atoms with van der Waals surface area (Å²) in [5.74, 6) is 0.101. The zero-order valence-corrected chi connectivity index (χ0v) is 9.68. The van der Waals surface area contributed by atoms with Gasteiger partial charge in [-0.2, -0.15) is 18.4 Å². The Hall–Kier alpha value is -1.77. The number of nitrogens with zero attached hydrogens (tertiary/aromatic N) is 2. The molecule has 92 valence electrons. The maximum Gasteiger partial charge on any atom is 0.417 e. The number of rotatable bonds is 1. The Balaban J connectivity index is 3.20.